The Morgan fingerprint density at radius 1 is 1.19 bits per heavy atom. The largest absolute Gasteiger partial charge is 0.338 e. The second-order valence-corrected chi connectivity index (χ2v) is 8.71. The average molecular weight is 372 g/mol. The van der Waals surface area contributed by atoms with Crippen LogP contribution in [0.25, 0.3) is 0 Å². The molecule has 0 aromatic heterocycles. The number of rotatable bonds is 4. The number of carbonyl (C=O) groups excluding carboxylic acids is 2. The normalized spacial score (nSPS) is 28.2. The first-order valence-corrected chi connectivity index (χ1v) is 10.3. The Kier molecular flexibility index (Phi) is 6.20. The molecule has 3 N–H and O–H groups in total. The van der Waals surface area contributed by atoms with Crippen LogP contribution in [0.3, 0.4) is 0 Å². The number of anilines is 1. The quantitative estimate of drug-likeness (QED) is 0.851. The van der Waals surface area contributed by atoms with E-state index in [9.17, 15) is 9.59 Å². The molecule has 2 amide bonds. The first-order chi connectivity index (χ1) is 12.9. The minimum atomic E-state index is -0.0162. The monoisotopic (exact) mass is 371 g/mol. The number of aryl methyl sites for hydroxylation is 1. The predicted octanol–water partition coefficient (Wildman–Crippen LogP) is 3.43. The Morgan fingerprint density at radius 2 is 1.89 bits per heavy atom. The van der Waals surface area contributed by atoms with Gasteiger partial charge in [-0.25, -0.2) is 0 Å². The van der Waals surface area contributed by atoms with E-state index in [2.05, 4.69) is 19.2 Å². The maximum atomic E-state index is 13.0. The highest BCUT2D eigenvalue weighted by Gasteiger charge is 2.32. The highest BCUT2D eigenvalue weighted by atomic mass is 16.2. The second-order valence-electron chi connectivity index (χ2n) is 8.71. The number of amides is 2. The zero-order chi connectivity index (χ0) is 19.6. The number of piperidine rings is 1. The summed E-state index contributed by atoms with van der Waals surface area (Å²) >= 11 is 0. The molecule has 0 spiro atoms. The maximum Gasteiger partial charge on any atom is 0.253 e. The van der Waals surface area contributed by atoms with E-state index in [0.29, 0.717) is 23.9 Å². The molecule has 5 heteroatoms. The van der Waals surface area contributed by atoms with E-state index in [1.54, 1.807) is 0 Å². The zero-order valence-corrected chi connectivity index (χ0v) is 16.8. The molecule has 3 rings (SSSR count). The van der Waals surface area contributed by atoms with Gasteiger partial charge in [0.2, 0.25) is 5.91 Å². The molecule has 1 aliphatic carbocycles. The lowest BCUT2D eigenvalue weighted by Crippen LogP contribution is -2.42. The van der Waals surface area contributed by atoms with Crippen molar-refractivity contribution in [1.82, 2.24) is 4.90 Å². The molecule has 2 unspecified atom stereocenters. The molecule has 1 aromatic rings. The average Bonchev–Trinajstić information content (AvgIpc) is 3.11. The predicted molar refractivity (Wildman–Crippen MR) is 109 cm³/mol. The fourth-order valence-electron chi connectivity index (χ4n) is 4.79. The van der Waals surface area contributed by atoms with Crippen LogP contribution >= 0.6 is 0 Å². The summed E-state index contributed by atoms with van der Waals surface area (Å²) in [6.07, 6.45) is 4.15. The van der Waals surface area contributed by atoms with Gasteiger partial charge >= 0.3 is 0 Å². The third-order valence-electron chi connectivity index (χ3n) is 6.20. The molecular formula is C22H33N3O2. The third kappa shape index (κ3) is 4.52. The van der Waals surface area contributed by atoms with Crippen LogP contribution in [0.15, 0.2) is 18.2 Å². The number of benzene rings is 1. The van der Waals surface area contributed by atoms with E-state index >= 15 is 0 Å². The molecule has 5 nitrogen and oxygen atoms in total. The number of likely N-dealkylation sites (tertiary alicyclic amines) is 1. The Labute approximate surface area is 162 Å². The van der Waals surface area contributed by atoms with Crippen molar-refractivity contribution in [3.8, 4) is 0 Å². The number of nitrogens with two attached hydrogens (primary N) is 1. The van der Waals surface area contributed by atoms with Crippen molar-refractivity contribution >= 4 is 17.5 Å². The van der Waals surface area contributed by atoms with E-state index in [1.807, 2.05) is 30.0 Å². The van der Waals surface area contributed by atoms with Crippen molar-refractivity contribution in [2.75, 3.05) is 25.0 Å². The standard InChI is InChI=1S/C22H33N3O2/c1-14-9-15(2)13-25(12-14)22(27)17-8-7-16(3)20(10-17)24-21(26)19-6-4-5-18(19)11-23/h7-8,10,14-15,18-19H,4-6,9,11-13,23H2,1-3H3,(H,24,26)/t14?,15?,18-,19-/m1/s1. The highest BCUT2D eigenvalue weighted by Crippen LogP contribution is 2.32. The van der Waals surface area contributed by atoms with Crippen LogP contribution in [0.5, 0.6) is 0 Å². The van der Waals surface area contributed by atoms with Crippen molar-refractivity contribution in [1.29, 1.82) is 0 Å². The van der Waals surface area contributed by atoms with Gasteiger partial charge in [0.15, 0.2) is 0 Å². The van der Waals surface area contributed by atoms with Crippen LogP contribution in [0, 0.1) is 30.6 Å². The molecule has 1 aromatic carbocycles. The summed E-state index contributed by atoms with van der Waals surface area (Å²) in [4.78, 5) is 27.7. The summed E-state index contributed by atoms with van der Waals surface area (Å²) in [6.45, 7) is 8.53. The van der Waals surface area contributed by atoms with Gasteiger partial charge in [0.1, 0.15) is 0 Å². The molecule has 0 bridgehead atoms. The van der Waals surface area contributed by atoms with Gasteiger partial charge in [-0.2, -0.15) is 0 Å². The summed E-state index contributed by atoms with van der Waals surface area (Å²) in [7, 11) is 0. The molecule has 1 heterocycles. The topological polar surface area (TPSA) is 75.4 Å². The lowest BCUT2D eigenvalue weighted by atomic mass is 9.91. The van der Waals surface area contributed by atoms with E-state index in [1.165, 1.54) is 6.42 Å². The first kappa shape index (κ1) is 19.9. The minimum Gasteiger partial charge on any atom is -0.338 e. The van der Waals surface area contributed by atoms with Crippen LogP contribution < -0.4 is 11.1 Å². The van der Waals surface area contributed by atoms with Gasteiger partial charge in [-0.3, -0.25) is 9.59 Å². The molecular weight excluding hydrogens is 338 g/mol. The van der Waals surface area contributed by atoms with Crippen LogP contribution in [0.2, 0.25) is 0 Å². The van der Waals surface area contributed by atoms with Gasteiger partial charge in [-0.05, 0) is 68.2 Å². The van der Waals surface area contributed by atoms with E-state index in [0.717, 1.165) is 43.6 Å². The van der Waals surface area contributed by atoms with Gasteiger partial charge < -0.3 is 16.0 Å². The van der Waals surface area contributed by atoms with Gasteiger partial charge in [0.25, 0.3) is 5.91 Å². The molecule has 27 heavy (non-hydrogen) atoms. The van der Waals surface area contributed by atoms with Gasteiger partial charge in [0.05, 0.1) is 0 Å². The lowest BCUT2D eigenvalue weighted by molar-refractivity contribution is -0.120. The Balaban J connectivity index is 1.74. The summed E-state index contributed by atoms with van der Waals surface area (Å²) in [5, 5.41) is 3.07. The summed E-state index contributed by atoms with van der Waals surface area (Å²) in [5.41, 5.74) is 8.19. The van der Waals surface area contributed by atoms with E-state index in [4.69, 9.17) is 5.73 Å². The summed E-state index contributed by atoms with van der Waals surface area (Å²) < 4.78 is 0. The lowest BCUT2D eigenvalue weighted by Gasteiger charge is -2.35. The van der Waals surface area contributed by atoms with Gasteiger partial charge in [0, 0.05) is 30.3 Å². The molecule has 148 valence electrons. The minimum absolute atomic E-state index is 0.0162. The number of hydrogen-bond donors (Lipinski definition) is 2. The van der Waals surface area contributed by atoms with Crippen LogP contribution in [-0.2, 0) is 4.79 Å². The number of carbonyl (C=O) groups is 2. The van der Waals surface area contributed by atoms with E-state index in [-0.39, 0.29) is 23.7 Å². The Morgan fingerprint density at radius 3 is 2.56 bits per heavy atom. The van der Waals surface area contributed by atoms with Crippen molar-refractivity contribution in [3.63, 3.8) is 0 Å². The SMILES string of the molecule is Cc1ccc(C(=O)N2CC(C)CC(C)C2)cc1NC(=O)[C@@H]1CCC[C@@H]1CN. The van der Waals surface area contributed by atoms with Crippen molar-refractivity contribution in [2.24, 2.45) is 29.4 Å². The molecule has 1 saturated heterocycles. The fraction of sp³-hybridized carbons (Fsp3) is 0.636. The third-order valence-corrected chi connectivity index (χ3v) is 6.20. The molecule has 1 aliphatic heterocycles. The van der Waals surface area contributed by atoms with Gasteiger partial charge in [-0.1, -0.05) is 26.3 Å². The number of hydrogen-bond acceptors (Lipinski definition) is 3. The zero-order valence-electron chi connectivity index (χ0n) is 16.8. The van der Waals surface area contributed by atoms with Crippen molar-refractivity contribution in [2.45, 2.75) is 46.5 Å². The van der Waals surface area contributed by atoms with E-state index < -0.39 is 0 Å². The number of nitrogens with zero attached hydrogens (tertiary/aromatic N) is 1. The molecule has 1 saturated carbocycles. The molecule has 4 atom stereocenters. The first-order valence-electron chi connectivity index (χ1n) is 10.3. The molecule has 2 aliphatic rings. The van der Waals surface area contributed by atoms with Crippen LogP contribution in [0.1, 0.15) is 55.5 Å². The second kappa shape index (κ2) is 8.42. The van der Waals surface area contributed by atoms with Crippen molar-refractivity contribution in [3.05, 3.63) is 29.3 Å². The van der Waals surface area contributed by atoms with Crippen LogP contribution in [0.4, 0.5) is 5.69 Å². The Bertz CT molecular complexity index is 693. The molecule has 2 fully saturated rings. The van der Waals surface area contributed by atoms with Gasteiger partial charge in [-0.15, -0.1) is 0 Å². The number of nitrogens with one attached hydrogen (secondary N) is 1. The van der Waals surface area contributed by atoms with Crippen LogP contribution in [-0.4, -0.2) is 36.3 Å². The Hall–Kier alpha value is -1.88. The van der Waals surface area contributed by atoms with Crippen molar-refractivity contribution < 1.29 is 9.59 Å². The molecule has 0 radical (unpaired) electrons. The fourth-order valence-corrected chi connectivity index (χ4v) is 4.79. The smallest absolute Gasteiger partial charge is 0.253 e. The summed E-state index contributed by atoms with van der Waals surface area (Å²) in [5.74, 6) is 1.40. The highest BCUT2D eigenvalue weighted by molar-refractivity contribution is 5.98. The maximum absolute atomic E-state index is 13.0. The summed E-state index contributed by atoms with van der Waals surface area (Å²) in [6, 6.07) is 5.64.